The molecule has 0 unspecified atom stereocenters. The van der Waals surface area contributed by atoms with Crippen molar-refractivity contribution >= 4 is 10.0 Å². The molecule has 0 atom stereocenters. The highest BCUT2D eigenvalue weighted by Gasteiger charge is 2.26. The zero-order valence-electron chi connectivity index (χ0n) is 11.6. The Morgan fingerprint density at radius 2 is 1.75 bits per heavy atom. The number of rotatable bonds is 4. The minimum absolute atomic E-state index is 0.00480. The summed E-state index contributed by atoms with van der Waals surface area (Å²) in [4.78, 5) is 2.24. The zero-order chi connectivity index (χ0) is 14.6. The predicted molar refractivity (Wildman–Crippen MR) is 77.5 cm³/mol. The summed E-state index contributed by atoms with van der Waals surface area (Å²) < 4.78 is 26.3. The van der Waals surface area contributed by atoms with E-state index in [0.717, 1.165) is 25.2 Å². The normalized spacial score (nSPS) is 17.8. The molecular formula is C14H19N3O2S. The van der Waals surface area contributed by atoms with Crippen LogP contribution in [0, 0.1) is 11.3 Å². The molecule has 0 aliphatic carbocycles. The van der Waals surface area contributed by atoms with Gasteiger partial charge in [0, 0.05) is 26.2 Å². The highest BCUT2D eigenvalue weighted by molar-refractivity contribution is 7.88. The maximum atomic E-state index is 12.3. The number of hydrogen-bond donors (Lipinski definition) is 0. The molecule has 108 valence electrons. The number of nitrogens with zero attached hydrogens (tertiary/aromatic N) is 3. The van der Waals surface area contributed by atoms with Gasteiger partial charge in [-0.15, -0.1) is 0 Å². The van der Waals surface area contributed by atoms with Crippen LogP contribution in [0.3, 0.4) is 0 Å². The summed E-state index contributed by atoms with van der Waals surface area (Å²) in [5, 5.41) is 8.73. The predicted octanol–water partition coefficient (Wildman–Crippen LogP) is 1.03. The van der Waals surface area contributed by atoms with Gasteiger partial charge >= 0.3 is 0 Å². The van der Waals surface area contributed by atoms with Crippen molar-refractivity contribution in [3.63, 3.8) is 0 Å². The molecule has 0 aromatic heterocycles. The van der Waals surface area contributed by atoms with Crippen molar-refractivity contribution in [1.29, 1.82) is 5.26 Å². The molecule has 1 aliphatic heterocycles. The number of benzene rings is 1. The minimum Gasteiger partial charge on any atom is -0.301 e. The Bertz CT molecular complexity index is 582. The van der Waals surface area contributed by atoms with Crippen LogP contribution in [0.5, 0.6) is 0 Å². The standard InChI is InChI=1S/C14H19N3O2S/c1-2-16-7-9-17(10-8-16)20(18,19)12-14-5-3-13(11-15)4-6-14/h3-6H,2,7-10,12H2,1H3. The van der Waals surface area contributed by atoms with Crippen LogP contribution >= 0.6 is 0 Å². The summed E-state index contributed by atoms with van der Waals surface area (Å²) >= 11 is 0. The molecule has 0 spiro atoms. The third kappa shape index (κ3) is 3.57. The van der Waals surface area contributed by atoms with Crippen LogP contribution in [0.15, 0.2) is 24.3 Å². The molecule has 1 saturated heterocycles. The molecule has 20 heavy (non-hydrogen) atoms. The van der Waals surface area contributed by atoms with Crippen molar-refractivity contribution < 1.29 is 8.42 Å². The molecule has 6 heteroatoms. The lowest BCUT2D eigenvalue weighted by molar-refractivity contribution is 0.196. The fourth-order valence-corrected chi connectivity index (χ4v) is 3.82. The number of nitriles is 1. The van der Waals surface area contributed by atoms with Gasteiger partial charge in [0.1, 0.15) is 0 Å². The Kier molecular flexibility index (Phi) is 4.76. The Labute approximate surface area is 120 Å². The first kappa shape index (κ1) is 15.0. The number of hydrogen-bond acceptors (Lipinski definition) is 4. The molecular weight excluding hydrogens is 274 g/mol. The quantitative estimate of drug-likeness (QED) is 0.831. The number of sulfonamides is 1. The largest absolute Gasteiger partial charge is 0.301 e. The van der Waals surface area contributed by atoms with E-state index in [-0.39, 0.29) is 5.75 Å². The topological polar surface area (TPSA) is 64.4 Å². The molecule has 0 saturated carbocycles. The molecule has 1 aromatic rings. The molecule has 0 radical (unpaired) electrons. The van der Waals surface area contributed by atoms with Crippen LogP contribution in [-0.4, -0.2) is 50.3 Å². The van der Waals surface area contributed by atoms with Crippen molar-refractivity contribution in [3.05, 3.63) is 35.4 Å². The van der Waals surface area contributed by atoms with Gasteiger partial charge in [-0.2, -0.15) is 9.57 Å². The van der Waals surface area contributed by atoms with E-state index in [1.807, 2.05) is 6.07 Å². The van der Waals surface area contributed by atoms with Crippen LogP contribution in [0.2, 0.25) is 0 Å². The van der Waals surface area contributed by atoms with Gasteiger partial charge in [0.25, 0.3) is 0 Å². The Morgan fingerprint density at radius 3 is 2.25 bits per heavy atom. The summed E-state index contributed by atoms with van der Waals surface area (Å²) in [5.41, 5.74) is 1.27. The molecule has 0 bridgehead atoms. The second kappa shape index (κ2) is 6.35. The Hall–Kier alpha value is -1.42. The van der Waals surface area contributed by atoms with Crippen molar-refractivity contribution in [2.24, 2.45) is 0 Å². The highest BCUT2D eigenvalue weighted by Crippen LogP contribution is 2.14. The first-order valence-electron chi connectivity index (χ1n) is 6.74. The molecule has 1 heterocycles. The van der Waals surface area contributed by atoms with Gasteiger partial charge < -0.3 is 4.90 Å². The first-order valence-corrected chi connectivity index (χ1v) is 8.35. The molecule has 1 aromatic carbocycles. The smallest absolute Gasteiger partial charge is 0.218 e. The van der Waals surface area contributed by atoms with Gasteiger partial charge in [-0.25, -0.2) is 8.42 Å². The minimum atomic E-state index is -3.26. The first-order chi connectivity index (χ1) is 9.55. The van der Waals surface area contributed by atoms with E-state index < -0.39 is 10.0 Å². The van der Waals surface area contributed by atoms with Crippen LogP contribution < -0.4 is 0 Å². The second-order valence-corrected chi connectivity index (χ2v) is 6.87. The van der Waals surface area contributed by atoms with Gasteiger partial charge in [0.2, 0.25) is 10.0 Å². The molecule has 0 N–H and O–H groups in total. The fourth-order valence-electron chi connectivity index (χ4n) is 2.30. The average molecular weight is 293 g/mol. The van der Waals surface area contributed by atoms with Crippen molar-refractivity contribution in [2.45, 2.75) is 12.7 Å². The highest BCUT2D eigenvalue weighted by atomic mass is 32.2. The third-order valence-corrected chi connectivity index (χ3v) is 5.45. The molecule has 1 fully saturated rings. The van der Waals surface area contributed by atoms with E-state index in [0.29, 0.717) is 18.7 Å². The zero-order valence-corrected chi connectivity index (χ0v) is 12.4. The number of piperazine rings is 1. The maximum Gasteiger partial charge on any atom is 0.218 e. The van der Waals surface area contributed by atoms with E-state index in [1.54, 1.807) is 28.6 Å². The lowest BCUT2D eigenvalue weighted by Crippen LogP contribution is -2.48. The maximum absolute atomic E-state index is 12.3. The van der Waals surface area contributed by atoms with E-state index >= 15 is 0 Å². The van der Waals surface area contributed by atoms with Crippen molar-refractivity contribution in [2.75, 3.05) is 32.7 Å². The van der Waals surface area contributed by atoms with Gasteiger partial charge in [-0.1, -0.05) is 19.1 Å². The summed E-state index contributed by atoms with van der Waals surface area (Å²) in [5.74, 6) is 0.00480. The lowest BCUT2D eigenvalue weighted by Gasteiger charge is -2.33. The third-order valence-electron chi connectivity index (χ3n) is 3.60. The second-order valence-electron chi connectivity index (χ2n) is 4.90. The van der Waals surface area contributed by atoms with Crippen LogP contribution in [0.1, 0.15) is 18.1 Å². The fraction of sp³-hybridized carbons (Fsp3) is 0.500. The van der Waals surface area contributed by atoms with E-state index in [9.17, 15) is 8.42 Å². The van der Waals surface area contributed by atoms with E-state index in [4.69, 9.17) is 5.26 Å². The lowest BCUT2D eigenvalue weighted by atomic mass is 10.2. The van der Waals surface area contributed by atoms with Crippen LogP contribution in [0.25, 0.3) is 0 Å². The van der Waals surface area contributed by atoms with Gasteiger partial charge in [0.15, 0.2) is 0 Å². The van der Waals surface area contributed by atoms with Crippen LogP contribution in [-0.2, 0) is 15.8 Å². The van der Waals surface area contributed by atoms with Crippen LogP contribution in [0.4, 0.5) is 0 Å². The van der Waals surface area contributed by atoms with Gasteiger partial charge in [-0.3, -0.25) is 0 Å². The monoisotopic (exact) mass is 293 g/mol. The van der Waals surface area contributed by atoms with E-state index in [2.05, 4.69) is 11.8 Å². The molecule has 2 rings (SSSR count). The SMILES string of the molecule is CCN1CCN(S(=O)(=O)Cc2ccc(C#N)cc2)CC1. The summed E-state index contributed by atoms with van der Waals surface area (Å²) in [6.45, 7) is 5.76. The summed E-state index contributed by atoms with van der Waals surface area (Å²) in [6, 6.07) is 8.75. The Balaban J connectivity index is 2.02. The average Bonchev–Trinajstić information content (AvgIpc) is 2.48. The van der Waals surface area contributed by atoms with Crippen molar-refractivity contribution in [3.8, 4) is 6.07 Å². The van der Waals surface area contributed by atoms with E-state index in [1.165, 1.54) is 0 Å². The summed E-state index contributed by atoms with van der Waals surface area (Å²) in [7, 11) is -3.26. The Morgan fingerprint density at radius 1 is 1.15 bits per heavy atom. The van der Waals surface area contributed by atoms with Gasteiger partial charge in [-0.05, 0) is 24.2 Å². The van der Waals surface area contributed by atoms with Gasteiger partial charge in [0.05, 0.1) is 17.4 Å². The summed E-state index contributed by atoms with van der Waals surface area (Å²) in [6.07, 6.45) is 0. The number of likely N-dealkylation sites (N-methyl/N-ethyl adjacent to an activating group) is 1. The molecule has 0 amide bonds. The molecule has 5 nitrogen and oxygen atoms in total. The molecule has 1 aliphatic rings. The van der Waals surface area contributed by atoms with Crippen molar-refractivity contribution in [1.82, 2.24) is 9.21 Å².